The van der Waals surface area contributed by atoms with Crippen LogP contribution in [0.5, 0.6) is 5.88 Å². The highest BCUT2D eigenvalue weighted by molar-refractivity contribution is 7.86. The van der Waals surface area contributed by atoms with Crippen molar-refractivity contribution in [3.63, 3.8) is 0 Å². The Morgan fingerprint density at radius 1 is 1.75 bits per heavy atom. The summed E-state index contributed by atoms with van der Waals surface area (Å²) in [5.41, 5.74) is 0. The summed E-state index contributed by atoms with van der Waals surface area (Å²) in [5, 5.41) is 3.83. The highest BCUT2D eigenvalue weighted by atomic mass is 32.2. The molecule has 0 aromatic carbocycles. The van der Waals surface area contributed by atoms with Gasteiger partial charge in [0.1, 0.15) is 12.7 Å². The highest BCUT2D eigenvalue weighted by Gasteiger charge is 2.28. The Hall–Kier alpha value is -1.12. The van der Waals surface area contributed by atoms with Crippen LogP contribution >= 0.6 is 0 Å². The Kier molecular flexibility index (Phi) is 2.87. The molecule has 0 saturated heterocycles. The molecule has 2 heterocycles. The normalized spacial score (nSPS) is 20.2. The molecule has 0 fully saturated rings. The number of hydrogen-bond donors (Lipinski definition) is 1. The van der Waals surface area contributed by atoms with Gasteiger partial charge in [-0.05, 0) is 6.92 Å². The molecule has 0 amide bonds. The summed E-state index contributed by atoms with van der Waals surface area (Å²) in [7, 11) is -4.28. The second-order valence-corrected chi connectivity index (χ2v) is 4.75. The van der Waals surface area contributed by atoms with Gasteiger partial charge >= 0.3 is 10.1 Å². The average Bonchev–Trinajstić information content (AvgIpc) is 2.60. The maximum atomic E-state index is 11.0. The number of fused-ring (bicyclic) bond motifs is 1. The topological polar surface area (TPSA) is 90.7 Å². The summed E-state index contributed by atoms with van der Waals surface area (Å²) < 4.78 is 42.8. The maximum Gasteiger partial charge on any atom is 0.301 e. The zero-order chi connectivity index (χ0) is 11.8. The molecule has 2 rings (SSSR count). The predicted octanol–water partition coefficient (Wildman–Crippen LogP) is -0.0727. The Bertz CT molecular complexity index is 481. The first-order valence-electron chi connectivity index (χ1n) is 4.80. The molecule has 8 heteroatoms. The third-order valence-corrected chi connectivity index (χ3v) is 3.06. The Balaban J connectivity index is 2.27. The van der Waals surface area contributed by atoms with E-state index >= 15 is 0 Å². The van der Waals surface area contributed by atoms with E-state index in [2.05, 4.69) is 5.10 Å². The molecule has 1 aliphatic rings. The average molecular weight is 248 g/mol. The van der Waals surface area contributed by atoms with Crippen molar-refractivity contribution in [1.82, 2.24) is 9.78 Å². The lowest BCUT2D eigenvalue weighted by Gasteiger charge is -2.24. The van der Waals surface area contributed by atoms with E-state index in [9.17, 15) is 8.42 Å². The number of rotatable bonds is 3. The zero-order valence-corrected chi connectivity index (χ0v) is 9.48. The fraction of sp³-hybridized carbons (Fsp3) is 0.625. The monoisotopic (exact) mass is 248 g/mol. The largest absolute Gasteiger partial charge is 0.474 e. The van der Waals surface area contributed by atoms with Gasteiger partial charge in [0.25, 0.3) is 0 Å². The number of hydrogen-bond acceptors (Lipinski definition) is 5. The molecular weight excluding hydrogens is 236 g/mol. The van der Waals surface area contributed by atoms with Gasteiger partial charge in [-0.25, -0.2) is 4.68 Å². The molecule has 0 unspecified atom stereocenters. The van der Waals surface area contributed by atoms with Crippen LogP contribution in [0.4, 0.5) is 0 Å². The number of nitrogens with zero attached hydrogens (tertiary/aromatic N) is 2. The third kappa shape index (κ3) is 2.04. The van der Waals surface area contributed by atoms with Gasteiger partial charge in [-0.15, -0.1) is 0 Å². The van der Waals surface area contributed by atoms with Crippen LogP contribution in [0.15, 0.2) is 11.1 Å². The molecule has 1 atom stereocenters. The minimum atomic E-state index is -4.28. The van der Waals surface area contributed by atoms with Crippen LogP contribution in [0, 0.1) is 0 Å². The van der Waals surface area contributed by atoms with Gasteiger partial charge in [0.2, 0.25) is 5.88 Å². The second kappa shape index (κ2) is 4.04. The Labute approximate surface area is 92.7 Å². The summed E-state index contributed by atoms with van der Waals surface area (Å²) in [6.45, 7) is 3.08. The molecule has 1 aromatic heterocycles. The van der Waals surface area contributed by atoms with Gasteiger partial charge in [0, 0.05) is 6.61 Å². The fourth-order valence-electron chi connectivity index (χ4n) is 1.56. The van der Waals surface area contributed by atoms with Gasteiger partial charge in [0.05, 0.1) is 12.7 Å². The first kappa shape index (κ1) is 11.4. The lowest BCUT2D eigenvalue weighted by Crippen LogP contribution is -2.33. The molecule has 1 aliphatic heterocycles. The van der Waals surface area contributed by atoms with E-state index in [1.165, 1.54) is 4.68 Å². The quantitative estimate of drug-likeness (QED) is 0.753. The van der Waals surface area contributed by atoms with Crippen molar-refractivity contribution in [3.8, 4) is 5.88 Å². The van der Waals surface area contributed by atoms with Crippen molar-refractivity contribution in [2.45, 2.75) is 24.5 Å². The lowest BCUT2D eigenvalue weighted by molar-refractivity contribution is -0.00766. The van der Waals surface area contributed by atoms with Crippen LogP contribution in [-0.4, -0.2) is 42.1 Å². The van der Waals surface area contributed by atoms with Crippen molar-refractivity contribution in [3.05, 3.63) is 6.20 Å². The zero-order valence-electron chi connectivity index (χ0n) is 8.66. The van der Waals surface area contributed by atoms with E-state index in [1.807, 2.05) is 6.92 Å². The fourth-order valence-corrected chi connectivity index (χ4v) is 2.13. The first-order chi connectivity index (χ1) is 7.52. The van der Waals surface area contributed by atoms with Gasteiger partial charge in [-0.3, -0.25) is 4.55 Å². The van der Waals surface area contributed by atoms with Crippen LogP contribution in [0.25, 0.3) is 0 Å². The Morgan fingerprint density at radius 2 is 2.50 bits per heavy atom. The third-order valence-electron chi connectivity index (χ3n) is 2.22. The highest BCUT2D eigenvalue weighted by Crippen LogP contribution is 2.26. The Morgan fingerprint density at radius 3 is 3.12 bits per heavy atom. The van der Waals surface area contributed by atoms with E-state index in [0.29, 0.717) is 13.2 Å². The van der Waals surface area contributed by atoms with Crippen LogP contribution in [-0.2, 0) is 21.4 Å². The molecule has 0 spiro atoms. The molecule has 16 heavy (non-hydrogen) atoms. The summed E-state index contributed by atoms with van der Waals surface area (Å²) in [5.74, 6) is 0.0680. The van der Waals surface area contributed by atoms with Crippen molar-refractivity contribution < 1.29 is 22.4 Å². The minimum Gasteiger partial charge on any atom is -0.474 e. The molecule has 0 aliphatic carbocycles. The van der Waals surface area contributed by atoms with Crippen LogP contribution < -0.4 is 4.74 Å². The van der Waals surface area contributed by atoms with Crippen LogP contribution in [0.3, 0.4) is 0 Å². The van der Waals surface area contributed by atoms with Crippen molar-refractivity contribution in [1.29, 1.82) is 0 Å². The van der Waals surface area contributed by atoms with E-state index in [4.69, 9.17) is 14.0 Å². The molecule has 0 saturated carbocycles. The smallest absolute Gasteiger partial charge is 0.301 e. The van der Waals surface area contributed by atoms with Gasteiger partial charge in [-0.1, -0.05) is 0 Å². The summed E-state index contributed by atoms with van der Waals surface area (Å²) in [4.78, 5) is -0.303. The number of aromatic nitrogens is 2. The first-order valence-corrected chi connectivity index (χ1v) is 6.24. The molecule has 0 bridgehead atoms. The standard InChI is InChI=1S/C8H12N2O5S/c1-2-14-6-4-10-8(15-5-6)7(3-9-10)16(11,12)13/h3,6H,2,4-5H2,1H3,(H,11,12,13)/t6-/m1/s1. The molecular formula is C8H12N2O5S. The van der Waals surface area contributed by atoms with Crippen molar-refractivity contribution in [2.24, 2.45) is 0 Å². The summed E-state index contributed by atoms with van der Waals surface area (Å²) >= 11 is 0. The van der Waals surface area contributed by atoms with E-state index in [1.54, 1.807) is 0 Å². The SMILES string of the molecule is CCO[C@H]1COc2c(S(=O)(=O)O)cnn2C1. The van der Waals surface area contributed by atoms with Gasteiger partial charge < -0.3 is 9.47 Å². The molecule has 1 aromatic rings. The predicted molar refractivity (Wildman–Crippen MR) is 53.0 cm³/mol. The van der Waals surface area contributed by atoms with E-state index < -0.39 is 10.1 Å². The van der Waals surface area contributed by atoms with Crippen molar-refractivity contribution >= 4 is 10.1 Å². The van der Waals surface area contributed by atoms with Gasteiger partial charge in [0.15, 0.2) is 4.90 Å². The lowest BCUT2D eigenvalue weighted by atomic mass is 10.3. The van der Waals surface area contributed by atoms with Crippen molar-refractivity contribution in [2.75, 3.05) is 13.2 Å². The molecule has 90 valence electrons. The maximum absolute atomic E-state index is 11.0. The molecule has 0 radical (unpaired) electrons. The minimum absolute atomic E-state index is 0.0680. The second-order valence-electron chi connectivity index (χ2n) is 3.36. The van der Waals surface area contributed by atoms with Crippen LogP contribution in [0.1, 0.15) is 6.92 Å². The summed E-state index contributed by atoms with van der Waals surface area (Å²) in [6.07, 6.45) is 0.922. The van der Waals surface area contributed by atoms with E-state index in [0.717, 1.165) is 6.20 Å². The van der Waals surface area contributed by atoms with Gasteiger partial charge in [-0.2, -0.15) is 13.5 Å². The summed E-state index contributed by atoms with van der Waals surface area (Å²) in [6, 6.07) is 0. The van der Waals surface area contributed by atoms with Crippen LogP contribution in [0.2, 0.25) is 0 Å². The molecule has 1 N–H and O–H groups in total. The molecule has 7 nitrogen and oxygen atoms in total. The van der Waals surface area contributed by atoms with E-state index in [-0.39, 0.29) is 23.5 Å². The number of ether oxygens (including phenoxy) is 2.